The minimum Gasteiger partial charge on any atom is -0.373 e. The molecule has 1 aliphatic heterocycles. The number of carbonyl (C=O) groups is 2. The fraction of sp³-hybridized carbons (Fsp3) is 0.478. The fourth-order valence-electron chi connectivity index (χ4n) is 4.14. The van der Waals surface area contributed by atoms with Crippen LogP contribution < -0.4 is 10.6 Å². The Hall–Kier alpha value is -3.03. The van der Waals surface area contributed by atoms with Gasteiger partial charge in [-0.2, -0.15) is 0 Å². The van der Waals surface area contributed by atoms with Crippen molar-refractivity contribution in [2.24, 2.45) is 0 Å². The van der Waals surface area contributed by atoms with Gasteiger partial charge >= 0.3 is 0 Å². The van der Waals surface area contributed by atoms with Gasteiger partial charge in [-0.15, -0.1) is 0 Å². The van der Waals surface area contributed by atoms with Crippen molar-refractivity contribution in [2.75, 3.05) is 25.5 Å². The lowest BCUT2D eigenvalue weighted by Gasteiger charge is -2.42. The molecule has 0 bridgehead atoms. The zero-order valence-electron chi connectivity index (χ0n) is 18.5. The quantitative estimate of drug-likeness (QED) is 0.693. The van der Waals surface area contributed by atoms with E-state index in [1.165, 1.54) is 11.8 Å². The molecular formula is C23H30FN5O2. The lowest BCUT2D eigenvalue weighted by molar-refractivity contribution is -0.152. The molecule has 2 aromatic rings. The van der Waals surface area contributed by atoms with Crippen LogP contribution in [0, 0.1) is 6.92 Å². The highest BCUT2D eigenvalue weighted by atomic mass is 19.1. The Labute approximate surface area is 182 Å². The van der Waals surface area contributed by atoms with Gasteiger partial charge in [0, 0.05) is 50.7 Å². The van der Waals surface area contributed by atoms with E-state index in [-0.39, 0.29) is 13.0 Å². The van der Waals surface area contributed by atoms with E-state index in [4.69, 9.17) is 0 Å². The van der Waals surface area contributed by atoms with E-state index in [1.54, 1.807) is 31.3 Å². The zero-order chi connectivity index (χ0) is 22.6. The molecule has 1 aromatic heterocycles. The molecule has 2 heterocycles. The minimum absolute atomic E-state index is 0.232. The maximum absolute atomic E-state index is 16.0. The summed E-state index contributed by atoms with van der Waals surface area (Å²) in [6, 6.07) is 10.7. The van der Waals surface area contributed by atoms with Gasteiger partial charge in [0.15, 0.2) is 0 Å². The van der Waals surface area contributed by atoms with Gasteiger partial charge in [-0.05, 0) is 25.3 Å². The molecule has 2 amide bonds. The van der Waals surface area contributed by atoms with E-state index in [9.17, 15) is 9.59 Å². The first-order valence-electron chi connectivity index (χ1n) is 10.5. The maximum Gasteiger partial charge on any atom is 0.281 e. The number of nitrogens with zero attached hydrogens (tertiary/aromatic N) is 3. The van der Waals surface area contributed by atoms with Gasteiger partial charge in [0.2, 0.25) is 5.91 Å². The number of aryl methyl sites for hydroxylation is 1. The van der Waals surface area contributed by atoms with Crippen LogP contribution >= 0.6 is 0 Å². The first kappa shape index (κ1) is 22.7. The molecule has 0 saturated carbocycles. The second-order valence-corrected chi connectivity index (χ2v) is 8.50. The van der Waals surface area contributed by atoms with Crippen molar-refractivity contribution in [3.63, 3.8) is 0 Å². The van der Waals surface area contributed by atoms with Gasteiger partial charge in [0.25, 0.3) is 11.7 Å². The number of halogens is 1. The van der Waals surface area contributed by atoms with Crippen molar-refractivity contribution in [1.29, 1.82) is 0 Å². The topological polar surface area (TPSA) is 87.2 Å². The van der Waals surface area contributed by atoms with Crippen LogP contribution in [0.1, 0.15) is 43.8 Å². The van der Waals surface area contributed by atoms with Crippen LogP contribution in [0.15, 0.2) is 36.4 Å². The average Bonchev–Trinajstić information content (AvgIpc) is 2.72. The van der Waals surface area contributed by atoms with E-state index in [2.05, 4.69) is 20.6 Å². The average molecular weight is 428 g/mol. The number of hydrogen-bond donors (Lipinski definition) is 2. The molecule has 7 nitrogen and oxygen atoms in total. The van der Waals surface area contributed by atoms with Gasteiger partial charge in [0.1, 0.15) is 11.6 Å². The number of piperidine rings is 1. The normalized spacial score (nSPS) is 20.6. The Morgan fingerprint density at radius 1 is 1.26 bits per heavy atom. The van der Waals surface area contributed by atoms with Crippen LogP contribution in [0.3, 0.4) is 0 Å². The Balaban J connectivity index is 1.88. The summed E-state index contributed by atoms with van der Waals surface area (Å²) >= 11 is 0. The molecule has 0 spiro atoms. The molecule has 31 heavy (non-hydrogen) atoms. The Morgan fingerprint density at radius 3 is 2.61 bits per heavy atom. The van der Waals surface area contributed by atoms with Crippen LogP contribution in [0.4, 0.5) is 10.2 Å². The number of benzene rings is 1. The van der Waals surface area contributed by atoms with Crippen molar-refractivity contribution in [3.05, 3.63) is 53.5 Å². The molecule has 8 heteroatoms. The summed E-state index contributed by atoms with van der Waals surface area (Å²) in [5, 5.41) is 5.29. The number of anilines is 1. The predicted molar refractivity (Wildman–Crippen MR) is 117 cm³/mol. The van der Waals surface area contributed by atoms with Crippen molar-refractivity contribution in [3.8, 4) is 0 Å². The Bertz CT molecular complexity index is 954. The predicted octanol–water partition coefficient (Wildman–Crippen LogP) is 2.75. The van der Waals surface area contributed by atoms with Crippen molar-refractivity contribution >= 4 is 17.6 Å². The molecule has 2 atom stereocenters. The number of rotatable bonds is 6. The van der Waals surface area contributed by atoms with Gasteiger partial charge in [-0.1, -0.05) is 37.3 Å². The van der Waals surface area contributed by atoms with Crippen LogP contribution in [0.5, 0.6) is 0 Å². The second-order valence-electron chi connectivity index (χ2n) is 8.50. The summed E-state index contributed by atoms with van der Waals surface area (Å²) in [5.74, 6) is -2.52. The summed E-state index contributed by atoms with van der Waals surface area (Å²) in [6.07, 6.45) is 1.24. The first-order chi connectivity index (χ1) is 14.6. The molecule has 1 saturated heterocycles. The lowest BCUT2D eigenvalue weighted by atomic mass is 9.80. The summed E-state index contributed by atoms with van der Waals surface area (Å²) in [4.78, 5) is 35.8. The summed E-state index contributed by atoms with van der Waals surface area (Å²) < 4.78 is 16.0. The van der Waals surface area contributed by atoms with Gasteiger partial charge in [-0.3, -0.25) is 9.59 Å². The zero-order valence-corrected chi connectivity index (χ0v) is 18.5. The standard InChI is InChI=1S/C23H30FN5O2/c1-16-13-19(25-4)27-20(26-16)22(3)11-8-12-29(15-22)21(31)23(24,28-17(2)30)14-18-9-6-5-7-10-18/h5-7,9-10,13H,8,11-12,14-15H2,1-4H3,(H,28,30)(H,25,26,27)/t22-,23+/m1/s1. The Morgan fingerprint density at radius 2 is 1.97 bits per heavy atom. The van der Waals surface area contributed by atoms with Crippen molar-refractivity contribution in [1.82, 2.24) is 20.2 Å². The molecule has 1 aromatic carbocycles. The van der Waals surface area contributed by atoms with Gasteiger partial charge in [-0.25, -0.2) is 14.4 Å². The van der Waals surface area contributed by atoms with Crippen molar-refractivity contribution < 1.29 is 14.0 Å². The van der Waals surface area contributed by atoms with Gasteiger partial charge < -0.3 is 15.5 Å². The third kappa shape index (κ3) is 5.18. The third-order valence-electron chi connectivity index (χ3n) is 5.64. The number of likely N-dealkylation sites (tertiary alicyclic amines) is 1. The van der Waals surface area contributed by atoms with Crippen molar-refractivity contribution in [2.45, 2.75) is 51.2 Å². The SMILES string of the molecule is CNc1cc(C)nc([C@]2(C)CCCN(C(=O)[C@](F)(Cc3ccccc3)NC(C)=O)C2)n1. The van der Waals surface area contributed by atoms with Gasteiger partial charge in [0.05, 0.1) is 0 Å². The number of alkyl halides is 1. The first-order valence-corrected chi connectivity index (χ1v) is 10.5. The summed E-state index contributed by atoms with van der Waals surface area (Å²) in [5.41, 5.74) is 0.934. The second kappa shape index (κ2) is 8.99. The molecule has 1 aliphatic rings. The van der Waals surface area contributed by atoms with E-state index in [0.29, 0.717) is 30.2 Å². The molecule has 2 N–H and O–H groups in total. The van der Waals surface area contributed by atoms with Crippen LogP contribution in [0.2, 0.25) is 0 Å². The van der Waals surface area contributed by atoms with Crippen LogP contribution in [-0.2, 0) is 21.4 Å². The van der Waals surface area contributed by atoms with E-state index >= 15 is 4.39 Å². The molecule has 0 unspecified atom stereocenters. The summed E-state index contributed by atoms with van der Waals surface area (Å²) in [7, 11) is 1.79. The number of nitrogens with one attached hydrogen (secondary N) is 2. The monoisotopic (exact) mass is 427 g/mol. The number of carbonyl (C=O) groups excluding carboxylic acids is 2. The molecule has 166 valence electrons. The molecule has 3 rings (SSSR count). The molecule has 1 fully saturated rings. The molecule has 0 radical (unpaired) electrons. The van der Waals surface area contributed by atoms with E-state index < -0.39 is 23.0 Å². The largest absolute Gasteiger partial charge is 0.373 e. The minimum atomic E-state index is -2.52. The number of amides is 2. The lowest BCUT2D eigenvalue weighted by Crippen LogP contribution is -2.60. The Kier molecular flexibility index (Phi) is 6.57. The van der Waals surface area contributed by atoms with Crippen LogP contribution in [0.25, 0.3) is 0 Å². The third-order valence-corrected chi connectivity index (χ3v) is 5.64. The van der Waals surface area contributed by atoms with Crippen LogP contribution in [-0.4, -0.2) is 52.6 Å². The summed E-state index contributed by atoms with van der Waals surface area (Å²) in [6.45, 7) is 5.80. The molecule has 0 aliphatic carbocycles. The number of hydrogen-bond acceptors (Lipinski definition) is 5. The fourth-order valence-corrected chi connectivity index (χ4v) is 4.14. The highest BCUT2D eigenvalue weighted by molar-refractivity contribution is 5.90. The highest BCUT2D eigenvalue weighted by Crippen LogP contribution is 2.34. The van der Waals surface area contributed by atoms with E-state index in [0.717, 1.165) is 12.1 Å². The van der Waals surface area contributed by atoms with E-state index in [1.807, 2.05) is 26.0 Å². The highest BCUT2D eigenvalue weighted by Gasteiger charge is 2.46. The number of aromatic nitrogens is 2. The molecular weight excluding hydrogens is 397 g/mol. The smallest absolute Gasteiger partial charge is 0.281 e. The maximum atomic E-state index is 16.0.